The zero-order valence-electron chi connectivity index (χ0n) is 16.6. The van der Waals surface area contributed by atoms with Crippen LogP contribution in [-0.4, -0.2) is 61.2 Å². The van der Waals surface area contributed by atoms with Crippen molar-refractivity contribution in [3.05, 3.63) is 60.2 Å². The van der Waals surface area contributed by atoms with Gasteiger partial charge in [0.1, 0.15) is 12.6 Å². The molecule has 2 fully saturated rings. The van der Waals surface area contributed by atoms with Gasteiger partial charge in [0.15, 0.2) is 0 Å². The van der Waals surface area contributed by atoms with Crippen molar-refractivity contribution in [3.63, 3.8) is 0 Å². The van der Waals surface area contributed by atoms with Crippen LogP contribution in [0.1, 0.15) is 18.4 Å². The van der Waals surface area contributed by atoms with Gasteiger partial charge in [-0.3, -0.25) is 9.63 Å². The highest BCUT2D eigenvalue weighted by molar-refractivity contribution is 5.97. The Morgan fingerprint density at radius 3 is 2.68 bits per heavy atom. The molecule has 2 atom stereocenters. The van der Waals surface area contributed by atoms with Crippen molar-refractivity contribution in [2.45, 2.75) is 31.5 Å². The largest absolute Gasteiger partial charge is 0.345 e. The monoisotopic (exact) mass is 419 g/mol. The summed E-state index contributed by atoms with van der Waals surface area (Å²) < 4.78 is 0. The number of amides is 3. The minimum absolute atomic E-state index is 0.0329. The predicted molar refractivity (Wildman–Crippen MR) is 110 cm³/mol. The molecule has 2 bridgehead atoms. The number of anilines is 1. The fourth-order valence-corrected chi connectivity index (χ4v) is 4.00. The van der Waals surface area contributed by atoms with Crippen LogP contribution >= 0.6 is 0 Å². The van der Waals surface area contributed by atoms with Gasteiger partial charge in [0.05, 0.1) is 6.04 Å². The van der Waals surface area contributed by atoms with Crippen molar-refractivity contribution in [1.29, 1.82) is 0 Å². The van der Waals surface area contributed by atoms with E-state index in [1.807, 2.05) is 30.3 Å². The molecule has 3 amide bonds. The molecule has 0 saturated carbocycles. The molecule has 2 aliphatic heterocycles. The molecule has 1 aromatic heterocycles. The molecule has 2 aliphatic rings. The summed E-state index contributed by atoms with van der Waals surface area (Å²) in [4.78, 5) is 33.2. The Morgan fingerprint density at radius 1 is 1.13 bits per heavy atom. The maximum absolute atomic E-state index is 12.9. The Hall–Kier alpha value is -3.79. The van der Waals surface area contributed by atoms with E-state index < -0.39 is 6.04 Å². The minimum Gasteiger partial charge on any atom is -0.324 e. The first-order valence-electron chi connectivity index (χ1n) is 10.1. The predicted octanol–water partition coefficient (Wildman–Crippen LogP) is 2.21. The number of piperidine rings is 1. The molecule has 2 N–H and O–H groups in total. The maximum atomic E-state index is 12.9. The number of fused-ring (bicyclic) bond motifs is 2. The number of hydrogen-bond acceptors (Lipinski definition) is 6. The summed E-state index contributed by atoms with van der Waals surface area (Å²) in [5, 5.41) is 18.1. The van der Waals surface area contributed by atoms with Crippen LogP contribution in [0.3, 0.4) is 0 Å². The molecule has 10 heteroatoms. The molecule has 0 spiro atoms. The minimum atomic E-state index is -0.522. The summed E-state index contributed by atoms with van der Waals surface area (Å²) in [5.41, 5.74) is 2.42. The van der Waals surface area contributed by atoms with Crippen molar-refractivity contribution < 1.29 is 14.4 Å². The first-order chi connectivity index (χ1) is 15.2. The smallest absolute Gasteiger partial charge is 0.324 e. The quantitative estimate of drug-likeness (QED) is 0.633. The normalized spacial score (nSPS) is 20.2. The molecule has 2 saturated heterocycles. The number of carbonyl (C=O) groups is 2. The molecule has 31 heavy (non-hydrogen) atoms. The molecule has 0 unspecified atom stereocenters. The van der Waals surface area contributed by atoms with Crippen LogP contribution in [0.4, 0.5) is 10.5 Å². The number of hydrogen-bond donors (Lipinski definition) is 2. The Kier molecular flexibility index (Phi) is 5.04. The number of nitrogens with zero attached hydrogens (tertiary/aromatic N) is 5. The number of tetrazole rings is 1. The average Bonchev–Trinajstić information content (AvgIpc) is 3.42. The summed E-state index contributed by atoms with van der Waals surface area (Å²) in [6.45, 7) is 0.809. The third-order valence-electron chi connectivity index (χ3n) is 5.59. The van der Waals surface area contributed by atoms with Crippen LogP contribution < -0.4 is 5.32 Å². The van der Waals surface area contributed by atoms with Gasteiger partial charge in [0, 0.05) is 17.8 Å². The third kappa shape index (κ3) is 3.84. The number of hydroxylamine groups is 2. The van der Waals surface area contributed by atoms with Gasteiger partial charge in [0.25, 0.3) is 0 Å². The van der Waals surface area contributed by atoms with Gasteiger partial charge >= 0.3 is 6.03 Å². The van der Waals surface area contributed by atoms with E-state index in [9.17, 15) is 9.59 Å². The van der Waals surface area contributed by atoms with Gasteiger partial charge in [-0.2, -0.15) is 10.3 Å². The van der Waals surface area contributed by atoms with E-state index in [-0.39, 0.29) is 18.0 Å². The zero-order valence-corrected chi connectivity index (χ0v) is 16.6. The Labute approximate surface area is 178 Å². The lowest BCUT2D eigenvalue weighted by atomic mass is 10.00. The van der Waals surface area contributed by atoms with Gasteiger partial charge in [-0.15, -0.1) is 10.2 Å². The summed E-state index contributed by atoms with van der Waals surface area (Å²) in [6, 6.07) is 16.0. The van der Waals surface area contributed by atoms with E-state index in [2.05, 4.69) is 25.9 Å². The highest BCUT2D eigenvalue weighted by Gasteiger charge is 2.47. The molecule has 10 nitrogen and oxygen atoms in total. The molecule has 3 aromatic rings. The molecule has 3 heterocycles. The lowest BCUT2D eigenvalue weighted by molar-refractivity contribution is -0.140. The van der Waals surface area contributed by atoms with E-state index in [0.717, 1.165) is 11.1 Å². The number of aromatic amines is 1. The number of urea groups is 1. The fraction of sp³-hybridized carbons (Fsp3) is 0.286. The number of nitrogens with one attached hydrogen (secondary N) is 2. The van der Waals surface area contributed by atoms with E-state index in [1.165, 1.54) is 5.06 Å². The van der Waals surface area contributed by atoms with Crippen molar-refractivity contribution in [1.82, 2.24) is 30.6 Å². The lowest BCUT2D eigenvalue weighted by Crippen LogP contribution is -2.47. The standard InChI is InChI=1S/C21H21N7O3/c29-20(22-16-8-6-15(7-9-16)19-23-25-26-24-19)18-11-10-17-12-27(18)21(30)28(17)31-13-14-4-2-1-3-5-14/h1-9,17-18H,10-13H2,(H,22,29)(H,23,24,25,26)/t17-,18+/m1/s1. The topological polar surface area (TPSA) is 116 Å². The number of rotatable bonds is 6. The first kappa shape index (κ1) is 19.2. The van der Waals surface area contributed by atoms with Crippen LogP contribution in [0, 0.1) is 0 Å². The van der Waals surface area contributed by atoms with Crippen LogP contribution in [0.2, 0.25) is 0 Å². The van der Waals surface area contributed by atoms with Gasteiger partial charge < -0.3 is 10.2 Å². The van der Waals surface area contributed by atoms with E-state index in [1.54, 1.807) is 29.2 Å². The molecule has 5 rings (SSSR count). The van der Waals surface area contributed by atoms with Crippen LogP contribution in [0.25, 0.3) is 11.4 Å². The second-order valence-electron chi connectivity index (χ2n) is 7.57. The highest BCUT2D eigenvalue weighted by atomic mass is 16.7. The van der Waals surface area contributed by atoms with Gasteiger partial charge in [-0.25, -0.2) is 4.79 Å². The molecule has 158 valence electrons. The van der Waals surface area contributed by atoms with Crippen molar-refractivity contribution in [2.75, 3.05) is 11.9 Å². The van der Waals surface area contributed by atoms with E-state index in [4.69, 9.17) is 4.84 Å². The highest BCUT2D eigenvalue weighted by Crippen LogP contribution is 2.31. The second kappa shape index (κ2) is 8.15. The van der Waals surface area contributed by atoms with Gasteiger partial charge in [0.2, 0.25) is 11.7 Å². The van der Waals surface area contributed by atoms with Crippen molar-refractivity contribution in [3.8, 4) is 11.4 Å². The number of H-pyrrole nitrogens is 1. The van der Waals surface area contributed by atoms with E-state index >= 15 is 0 Å². The Balaban J connectivity index is 1.21. The Morgan fingerprint density at radius 2 is 1.94 bits per heavy atom. The van der Waals surface area contributed by atoms with Gasteiger partial charge in [-0.05, 0) is 47.9 Å². The summed E-state index contributed by atoms with van der Waals surface area (Å²) in [6.07, 6.45) is 1.31. The SMILES string of the molecule is O=C(Nc1ccc(-c2nn[nH]n2)cc1)[C@@H]1CC[C@@H]2CN1C(=O)N2OCc1ccccc1. The maximum Gasteiger partial charge on any atom is 0.345 e. The molecular weight excluding hydrogens is 398 g/mol. The van der Waals surface area contributed by atoms with Crippen LogP contribution in [-0.2, 0) is 16.2 Å². The molecule has 0 radical (unpaired) electrons. The van der Waals surface area contributed by atoms with Crippen molar-refractivity contribution in [2.24, 2.45) is 0 Å². The van der Waals surface area contributed by atoms with Gasteiger partial charge in [-0.1, -0.05) is 30.3 Å². The van der Waals surface area contributed by atoms with Crippen LogP contribution in [0.15, 0.2) is 54.6 Å². The summed E-state index contributed by atoms with van der Waals surface area (Å²) in [5.74, 6) is 0.276. The molecular formula is C21H21N7O3. The summed E-state index contributed by atoms with van der Waals surface area (Å²) >= 11 is 0. The number of benzene rings is 2. The Bertz CT molecular complexity index is 1060. The van der Waals surface area contributed by atoms with Crippen LogP contribution in [0.5, 0.6) is 0 Å². The number of aromatic nitrogens is 4. The second-order valence-corrected chi connectivity index (χ2v) is 7.57. The third-order valence-corrected chi connectivity index (χ3v) is 5.59. The molecule has 2 aromatic carbocycles. The zero-order chi connectivity index (χ0) is 21.2. The first-order valence-corrected chi connectivity index (χ1v) is 10.1. The van der Waals surface area contributed by atoms with Crippen molar-refractivity contribution >= 4 is 17.6 Å². The fourth-order valence-electron chi connectivity index (χ4n) is 4.00. The molecule has 0 aliphatic carbocycles. The summed E-state index contributed by atoms with van der Waals surface area (Å²) in [7, 11) is 0. The number of carbonyl (C=O) groups excluding carboxylic acids is 2. The lowest BCUT2D eigenvalue weighted by Gasteiger charge is -2.29. The van der Waals surface area contributed by atoms with E-state index in [0.29, 0.717) is 37.5 Å². The average molecular weight is 419 g/mol.